The maximum absolute atomic E-state index is 2.52. The third-order valence-corrected chi connectivity index (χ3v) is 10.2. The molecule has 0 unspecified atom stereocenters. The Labute approximate surface area is 295 Å². The first-order valence-corrected chi connectivity index (χ1v) is 17.5. The fraction of sp³-hybridized carbons (Fsp3) is 0.0870. The van der Waals surface area contributed by atoms with Crippen LogP contribution in [0.5, 0.6) is 0 Å². The Hall–Kier alpha value is -6.00. The third kappa shape index (κ3) is 4.82. The molecule has 9 rings (SSSR count). The number of rotatable bonds is 5. The molecular weight excluding hydrogens is 605 g/mol. The number of para-hydroxylation sites is 3. The van der Waals surface area contributed by atoms with E-state index in [0.717, 1.165) is 22.7 Å². The van der Waals surface area contributed by atoms with Crippen molar-refractivity contribution < 1.29 is 0 Å². The van der Waals surface area contributed by atoms with Crippen molar-refractivity contribution in [3.63, 3.8) is 0 Å². The van der Waals surface area contributed by atoms with Crippen LogP contribution in [0, 0.1) is 27.7 Å². The molecule has 0 radical (unpaired) electrons. The molecule has 50 heavy (non-hydrogen) atoms. The Morgan fingerprint density at radius 1 is 0.400 bits per heavy atom. The summed E-state index contributed by atoms with van der Waals surface area (Å²) >= 11 is 0. The number of nitrogens with zero attached hydrogens (tertiary/aromatic N) is 3. The fourth-order valence-corrected chi connectivity index (χ4v) is 8.39. The van der Waals surface area contributed by atoms with Crippen LogP contribution in [-0.4, -0.2) is 6.71 Å². The molecule has 0 aliphatic carbocycles. The van der Waals surface area contributed by atoms with Gasteiger partial charge in [0.2, 0.25) is 0 Å². The first-order valence-electron chi connectivity index (χ1n) is 17.5. The van der Waals surface area contributed by atoms with Crippen LogP contribution in [0.3, 0.4) is 0 Å². The van der Waals surface area contributed by atoms with Crippen molar-refractivity contribution >= 4 is 74.3 Å². The summed E-state index contributed by atoms with van der Waals surface area (Å²) in [4.78, 5) is 7.36. The van der Waals surface area contributed by atoms with Gasteiger partial charge in [-0.1, -0.05) is 78.4 Å². The van der Waals surface area contributed by atoms with Gasteiger partial charge in [-0.25, -0.2) is 0 Å². The minimum Gasteiger partial charge on any atom is -0.311 e. The van der Waals surface area contributed by atoms with E-state index < -0.39 is 0 Å². The molecule has 0 saturated carbocycles. The maximum atomic E-state index is 2.52. The van der Waals surface area contributed by atoms with Crippen LogP contribution in [-0.2, 0) is 0 Å². The average molecular weight is 644 g/mol. The van der Waals surface area contributed by atoms with Gasteiger partial charge in [0.1, 0.15) is 0 Å². The number of hydrogen-bond donors (Lipinski definition) is 0. The molecule has 2 heterocycles. The van der Waals surface area contributed by atoms with E-state index in [2.05, 4.69) is 200 Å². The van der Waals surface area contributed by atoms with Crippen LogP contribution in [0.25, 0.3) is 0 Å². The average Bonchev–Trinajstić information content (AvgIpc) is 3.12. The van der Waals surface area contributed by atoms with Gasteiger partial charge in [0.15, 0.2) is 0 Å². The molecule has 0 spiro atoms. The van der Waals surface area contributed by atoms with Crippen molar-refractivity contribution in [2.75, 3.05) is 14.7 Å². The second-order valence-corrected chi connectivity index (χ2v) is 13.8. The van der Waals surface area contributed by atoms with E-state index in [0.29, 0.717) is 0 Å². The van der Waals surface area contributed by atoms with Gasteiger partial charge in [-0.15, -0.1) is 0 Å². The highest BCUT2D eigenvalue weighted by Crippen LogP contribution is 2.45. The van der Waals surface area contributed by atoms with Gasteiger partial charge >= 0.3 is 0 Å². The lowest BCUT2D eigenvalue weighted by Gasteiger charge is -2.45. The summed E-state index contributed by atoms with van der Waals surface area (Å²) in [5.74, 6) is 0. The summed E-state index contributed by atoms with van der Waals surface area (Å²) in [6.45, 7) is 8.97. The smallest absolute Gasteiger partial charge is 0.252 e. The molecule has 2 aliphatic rings. The Balaban J connectivity index is 1.36. The molecule has 4 heteroatoms. The second kappa shape index (κ2) is 11.9. The van der Waals surface area contributed by atoms with Gasteiger partial charge in [-0.05, 0) is 146 Å². The van der Waals surface area contributed by atoms with Gasteiger partial charge in [-0.3, -0.25) is 0 Å². The van der Waals surface area contributed by atoms with Crippen LogP contribution in [0.4, 0.5) is 51.2 Å². The SMILES string of the molecule is Cc1cc(C)cc(N2c3cc(C)cc(C)c3B3c4cc(N(c5ccccc5)c5ccccc5)ccc4N(c4ccccc4)c4cccc2c43)c1. The lowest BCUT2D eigenvalue weighted by Crippen LogP contribution is -2.62. The van der Waals surface area contributed by atoms with Crippen LogP contribution < -0.4 is 31.1 Å². The van der Waals surface area contributed by atoms with E-state index in [-0.39, 0.29) is 6.71 Å². The minimum absolute atomic E-state index is 0.0438. The highest BCUT2D eigenvalue weighted by Gasteiger charge is 2.44. The standard InChI is InChI=1S/C46H38BN3/c1-31-25-32(2)28-39(27-31)50-43-22-14-21-42-46(43)47(45-34(4)26-33(3)29-44(45)50)40-30-38(23-24-41(40)49(42)37-19-12-7-13-20-37)48(35-15-8-5-9-16-35)36-17-10-6-11-18-36/h5-30H,1-4H3. The van der Waals surface area contributed by atoms with E-state index in [1.807, 2.05) is 0 Å². The first-order chi connectivity index (χ1) is 24.5. The minimum atomic E-state index is 0.0438. The van der Waals surface area contributed by atoms with E-state index in [1.165, 1.54) is 67.1 Å². The quantitative estimate of drug-likeness (QED) is 0.173. The second-order valence-electron chi connectivity index (χ2n) is 13.8. The normalized spacial score (nSPS) is 12.7. The summed E-state index contributed by atoms with van der Waals surface area (Å²) in [6.07, 6.45) is 0. The van der Waals surface area contributed by atoms with Crippen molar-refractivity contribution in [2.24, 2.45) is 0 Å². The summed E-state index contributed by atoms with van der Waals surface area (Å²) in [7, 11) is 0. The predicted molar refractivity (Wildman–Crippen MR) is 214 cm³/mol. The lowest BCUT2D eigenvalue weighted by atomic mass is 9.32. The predicted octanol–water partition coefficient (Wildman–Crippen LogP) is 10.5. The summed E-state index contributed by atoms with van der Waals surface area (Å²) < 4.78 is 0. The van der Waals surface area contributed by atoms with Crippen LogP contribution in [0.1, 0.15) is 22.3 Å². The Morgan fingerprint density at radius 3 is 1.58 bits per heavy atom. The van der Waals surface area contributed by atoms with Crippen molar-refractivity contribution in [3.8, 4) is 0 Å². The van der Waals surface area contributed by atoms with Gasteiger partial charge in [-0.2, -0.15) is 0 Å². The molecule has 240 valence electrons. The zero-order valence-corrected chi connectivity index (χ0v) is 28.9. The van der Waals surface area contributed by atoms with Crippen LogP contribution >= 0.6 is 0 Å². The molecule has 2 aliphatic heterocycles. The van der Waals surface area contributed by atoms with Crippen molar-refractivity contribution in [1.82, 2.24) is 0 Å². The first kappa shape index (κ1) is 30.1. The summed E-state index contributed by atoms with van der Waals surface area (Å²) in [5.41, 5.74) is 19.8. The van der Waals surface area contributed by atoms with Gasteiger partial charge in [0.25, 0.3) is 6.71 Å². The molecule has 0 N–H and O–H groups in total. The van der Waals surface area contributed by atoms with E-state index in [4.69, 9.17) is 0 Å². The van der Waals surface area contributed by atoms with Crippen molar-refractivity contribution in [1.29, 1.82) is 0 Å². The summed E-state index contributed by atoms with van der Waals surface area (Å²) in [5, 5.41) is 0. The molecule has 3 nitrogen and oxygen atoms in total. The van der Waals surface area contributed by atoms with Crippen LogP contribution in [0.2, 0.25) is 0 Å². The monoisotopic (exact) mass is 643 g/mol. The molecule has 7 aromatic carbocycles. The van der Waals surface area contributed by atoms with Crippen molar-refractivity contribution in [3.05, 3.63) is 180 Å². The van der Waals surface area contributed by atoms with Gasteiger partial charge in [0.05, 0.1) is 0 Å². The molecule has 0 saturated heterocycles. The summed E-state index contributed by atoms with van der Waals surface area (Å²) in [6, 6.07) is 57.9. The number of benzene rings is 7. The topological polar surface area (TPSA) is 9.72 Å². The Kier molecular flexibility index (Phi) is 7.13. The van der Waals surface area contributed by atoms with Gasteiger partial charge in [0, 0.05) is 51.2 Å². The Morgan fingerprint density at radius 2 is 0.960 bits per heavy atom. The van der Waals surface area contributed by atoms with E-state index in [1.54, 1.807) is 0 Å². The van der Waals surface area contributed by atoms with Gasteiger partial charge < -0.3 is 14.7 Å². The Bertz CT molecular complexity index is 2330. The molecular formula is C46H38BN3. The molecule has 0 aromatic heterocycles. The molecule has 0 atom stereocenters. The number of hydrogen-bond acceptors (Lipinski definition) is 3. The number of aryl methyl sites for hydroxylation is 4. The largest absolute Gasteiger partial charge is 0.311 e. The molecule has 7 aromatic rings. The van der Waals surface area contributed by atoms with Crippen LogP contribution in [0.15, 0.2) is 158 Å². The number of fused-ring (bicyclic) bond motifs is 4. The van der Waals surface area contributed by atoms with Crippen molar-refractivity contribution in [2.45, 2.75) is 27.7 Å². The number of anilines is 9. The maximum Gasteiger partial charge on any atom is 0.252 e. The molecule has 0 amide bonds. The zero-order valence-electron chi connectivity index (χ0n) is 28.9. The highest BCUT2D eigenvalue weighted by atomic mass is 15.2. The zero-order chi connectivity index (χ0) is 33.9. The lowest BCUT2D eigenvalue weighted by molar-refractivity contribution is 1.22. The third-order valence-electron chi connectivity index (χ3n) is 10.2. The highest BCUT2D eigenvalue weighted by molar-refractivity contribution is 7.00. The fourth-order valence-electron chi connectivity index (χ4n) is 8.39. The van der Waals surface area contributed by atoms with E-state index in [9.17, 15) is 0 Å². The van der Waals surface area contributed by atoms with E-state index >= 15 is 0 Å². The molecule has 0 bridgehead atoms. The molecule has 0 fully saturated rings.